The molecule has 0 aliphatic carbocycles. The Labute approximate surface area is 123 Å². The molecule has 1 aromatic carbocycles. The second-order valence-corrected chi connectivity index (χ2v) is 4.94. The maximum atomic E-state index is 12.3. The molecule has 0 bridgehead atoms. The van der Waals surface area contributed by atoms with E-state index in [0.717, 1.165) is 5.56 Å². The topological polar surface area (TPSA) is 76.8 Å². The van der Waals surface area contributed by atoms with Crippen molar-refractivity contribution in [2.75, 3.05) is 14.1 Å². The standard InChI is InChI=1S/C15H16N4O2/c1-18(10-12-5-3-4-11(8-12)9-16)15(21)13-6-7-14(20)19(2)17-13/h3-5,8H,6-7,10H2,1-2H3. The van der Waals surface area contributed by atoms with Crippen LogP contribution in [0, 0.1) is 11.3 Å². The molecule has 0 saturated carbocycles. The number of carbonyl (C=O) groups excluding carboxylic acids is 2. The van der Waals surface area contributed by atoms with Gasteiger partial charge in [0.1, 0.15) is 5.71 Å². The largest absolute Gasteiger partial charge is 0.336 e. The van der Waals surface area contributed by atoms with Crippen LogP contribution in [0.2, 0.25) is 0 Å². The molecule has 0 unspecified atom stereocenters. The van der Waals surface area contributed by atoms with Crippen molar-refractivity contribution >= 4 is 17.5 Å². The highest BCUT2D eigenvalue weighted by molar-refractivity contribution is 6.39. The van der Waals surface area contributed by atoms with Crippen LogP contribution in [0.5, 0.6) is 0 Å². The molecule has 6 heteroatoms. The minimum atomic E-state index is -0.197. The molecule has 21 heavy (non-hydrogen) atoms. The van der Waals surface area contributed by atoms with Gasteiger partial charge in [0.25, 0.3) is 5.91 Å². The number of hydrogen-bond donors (Lipinski definition) is 0. The molecule has 0 radical (unpaired) electrons. The summed E-state index contributed by atoms with van der Waals surface area (Å²) in [7, 11) is 3.23. The molecule has 2 rings (SSSR count). The lowest BCUT2D eigenvalue weighted by Crippen LogP contribution is -2.38. The van der Waals surface area contributed by atoms with Crippen molar-refractivity contribution in [2.24, 2.45) is 5.10 Å². The van der Waals surface area contributed by atoms with Gasteiger partial charge in [-0.05, 0) is 17.7 Å². The fourth-order valence-electron chi connectivity index (χ4n) is 2.13. The first-order chi connectivity index (χ1) is 10.0. The predicted octanol–water partition coefficient (Wildman–Crippen LogP) is 1.12. The molecule has 1 aliphatic heterocycles. The Morgan fingerprint density at radius 3 is 2.90 bits per heavy atom. The molecule has 0 fully saturated rings. The predicted molar refractivity (Wildman–Crippen MR) is 77.1 cm³/mol. The fraction of sp³-hybridized carbons (Fsp3) is 0.333. The molecule has 0 saturated heterocycles. The summed E-state index contributed by atoms with van der Waals surface area (Å²) in [6.45, 7) is 0.394. The average Bonchev–Trinajstić information content (AvgIpc) is 2.49. The quantitative estimate of drug-likeness (QED) is 0.834. The maximum Gasteiger partial charge on any atom is 0.270 e. The van der Waals surface area contributed by atoms with Crippen LogP contribution in [0.4, 0.5) is 0 Å². The van der Waals surface area contributed by atoms with Crippen LogP contribution in [0.25, 0.3) is 0 Å². The molecule has 1 aromatic rings. The third-order valence-corrected chi connectivity index (χ3v) is 3.28. The zero-order valence-corrected chi connectivity index (χ0v) is 12.0. The maximum absolute atomic E-state index is 12.3. The Morgan fingerprint density at radius 1 is 1.48 bits per heavy atom. The Balaban J connectivity index is 2.08. The van der Waals surface area contributed by atoms with Crippen molar-refractivity contribution in [1.82, 2.24) is 9.91 Å². The number of hydrogen-bond acceptors (Lipinski definition) is 4. The molecule has 2 amide bonds. The summed E-state index contributed by atoms with van der Waals surface area (Å²) >= 11 is 0. The summed E-state index contributed by atoms with van der Waals surface area (Å²) in [6, 6.07) is 9.20. The Kier molecular flexibility index (Phi) is 4.33. The van der Waals surface area contributed by atoms with Gasteiger partial charge in [-0.1, -0.05) is 12.1 Å². The first kappa shape index (κ1) is 14.7. The van der Waals surface area contributed by atoms with Crippen LogP contribution in [-0.2, 0) is 16.1 Å². The van der Waals surface area contributed by atoms with Gasteiger partial charge in [0.2, 0.25) is 5.91 Å². The molecule has 0 N–H and O–H groups in total. The molecule has 1 heterocycles. The van der Waals surface area contributed by atoms with Gasteiger partial charge in [0.15, 0.2) is 0 Å². The van der Waals surface area contributed by atoms with E-state index in [4.69, 9.17) is 5.26 Å². The lowest BCUT2D eigenvalue weighted by atomic mass is 10.1. The van der Waals surface area contributed by atoms with E-state index in [9.17, 15) is 9.59 Å². The van der Waals surface area contributed by atoms with E-state index < -0.39 is 0 Å². The first-order valence-corrected chi connectivity index (χ1v) is 6.60. The van der Waals surface area contributed by atoms with Gasteiger partial charge in [-0.25, -0.2) is 5.01 Å². The highest BCUT2D eigenvalue weighted by Crippen LogP contribution is 2.11. The summed E-state index contributed by atoms with van der Waals surface area (Å²) in [5.41, 5.74) is 1.83. The van der Waals surface area contributed by atoms with E-state index in [2.05, 4.69) is 11.2 Å². The number of rotatable bonds is 3. The number of benzene rings is 1. The lowest BCUT2D eigenvalue weighted by molar-refractivity contribution is -0.130. The zero-order chi connectivity index (χ0) is 15.4. The van der Waals surface area contributed by atoms with Crippen molar-refractivity contribution in [1.29, 1.82) is 5.26 Å². The normalized spacial score (nSPS) is 14.4. The molecule has 6 nitrogen and oxygen atoms in total. The summed E-state index contributed by atoms with van der Waals surface area (Å²) < 4.78 is 0. The number of nitrogens with zero attached hydrogens (tertiary/aromatic N) is 4. The minimum absolute atomic E-state index is 0.0871. The number of carbonyl (C=O) groups is 2. The van der Waals surface area contributed by atoms with Gasteiger partial charge in [0, 0.05) is 33.5 Å². The summed E-state index contributed by atoms with van der Waals surface area (Å²) in [4.78, 5) is 25.2. The first-order valence-electron chi connectivity index (χ1n) is 6.60. The summed E-state index contributed by atoms with van der Waals surface area (Å²) in [6.07, 6.45) is 0.670. The van der Waals surface area contributed by atoms with Crippen LogP contribution in [0.1, 0.15) is 24.0 Å². The van der Waals surface area contributed by atoms with E-state index in [1.54, 1.807) is 37.2 Å². The third kappa shape index (κ3) is 3.45. The van der Waals surface area contributed by atoms with Gasteiger partial charge >= 0.3 is 0 Å². The SMILES string of the molecule is CN(Cc1cccc(C#N)c1)C(=O)C1=NN(C)C(=O)CC1. The number of hydrazone groups is 1. The van der Waals surface area contributed by atoms with Crippen LogP contribution in [0.15, 0.2) is 29.4 Å². The molecule has 0 atom stereocenters. The van der Waals surface area contributed by atoms with Crippen molar-refractivity contribution in [3.63, 3.8) is 0 Å². The second-order valence-electron chi connectivity index (χ2n) is 4.94. The minimum Gasteiger partial charge on any atom is -0.336 e. The fourth-order valence-corrected chi connectivity index (χ4v) is 2.13. The van der Waals surface area contributed by atoms with Gasteiger partial charge in [-0.3, -0.25) is 9.59 Å². The second kappa shape index (κ2) is 6.18. The van der Waals surface area contributed by atoms with Crippen LogP contribution in [-0.4, -0.2) is 41.5 Å². The van der Waals surface area contributed by atoms with Crippen molar-refractivity contribution < 1.29 is 9.59 Å². The molecular weight excluding hydrogens is 268 g/mol. The monoisotopic (exact) mass is 284 g/mol. The number of amides is 2. The van der Waals surface area contributed by atoms with Crippen molar-refractivity contribution in [3.8, 4) is 6.07 Å². The lowest BCUT2D eigenvalue weighted by Gasteiger charge is -2.23. The van der Waals surface area contributed by atoms with Gasteiger partial charge in [-0.15, -0.1) is 0 Å². The summed E-state index contributed by atoms with van der Waals surface area (Å²) in [5.74, 6) is -0.285. The van der Waals surface area contributed by atoms with Gasteiger partial charge < -0.3 is 4.90 Å². The van der Waals surface area contributed by atoms with Gasteiger partial charge in [-0.2, -0.15) is 10.4 Å². The molecule has 0 spiro atoms. The number of nitriles is 1. The highest BCUT2D eigenvalue weighted by Gasteiger charge is 2.24. The van der Waals surface area contributed by atoms with Crippen molar-refractivity contribution in [2.45, 2.75) is 19.4 Å². The van der Waals surface area contributed by atoms with E-state index in [1.165, 1.54) is 5.01 Å². The van der Waals surface area contributed by atoms with E-state index in [0.29, 0.717) is 30.7 Å². The molecular formula is C15H16N4O2. The average molecular weight is 284 g/mol. The molecule has 0 aromatic heterocycles. The molecule has 1 aliphatic rings. The van der Waals surface area contributed by atoms with E-state index in [1.807, 2.05) is 6.07 Å². The van der Waals surface area contributed by atoms with Crippen LogP contribution < -0.4 is 0 Å². The Morgan fingerprint density at radius 2 is 2.24 bits per heavy atom. The van der Waals surface area contributed by atoms with E-state index in [-0.39, 0.29) is 11.8 Å². The van der Waals surface area contributed by atoms with Crippen LogP contribution >= 0.6 is 0 Å². The zero-order valence-electron chi connectivity index (χ0n) is 12.0. The summed E-state index contributed by atoms with van der Waals surface area (Å²) in [5, 5.41) is 14.1. The Bertz CT molecular complexity index is 645. The van der Waals surface area contributed by atoms with Gasteiger partial charge in [0.05, 0.1) is 11.6 Å². The molecule has 108 valence electrons. The van der Waals surface area contributed by atoms with E-state index >= 15 is 0 Å². The third-order valence-electron chi connectivity index (χ3n) is 3.28. The van der Waals surface area contributed by atoms with Crippen molar-refractivity contribution in [3.05, 3.63) is 35.4 Å². The van der Waals surface area contributed by atoms with Crippen LogP contribution in [0.3, 0.4) is 0 Å². The highest BCUT2D eigenvalue weighted by atomic mass is 16.2. The smallest absolute Gasteiger partial charge is 0.270 e. The Hall–Kier alpha value is -2.68.